The molecule has 0 atom stereocenters. The Kier molecular flexibility index (Phi) is 3.17. The smallest absolute Gasteiger partial charge is 0.270 e. The summed E-state index contributed by atoms with van der Waals surface area (Å²) < 4.78 is 1.90. The summed E-state index contributed by atoms with van der Waals surface area (Å²) in [6.07, 6.45) is 2.79. The summed E-state index contributed by atoms with van der Waals surface area (Å²) in [7, 11) is 3.48. The van der Waals surface area contributed by atoms with Crippen LogP contribution in [0.5, 0.6) is 0 Å². The first-order chi connectivity index (χ1) is 6.56. The monoisotopic (exact) mass is 195 g/mol. The molecule has 2 N–H and O–H groups in total. The van der Waals surface area contributed by atoms with Crippen molar-refractivity contribution in [3.8, 4) is 0 Å². The summed E-state index contributed by atoms with van der Waals surface area (Å²) in [6, 6.07) is 1.72. The summed E-state index contributed by atoms with van der Waals surface area (Å²) in [4.78, 5) is 13.3. The number of aryl methyl sites for hydroxylation is 1. The van der Waals surface area contributed by atoms with Gasteiger partial charge >= 0.3 is 0 Å². The average Bonchev–Trinajstić information content (AvgIpc) is 2.46. The van der Waals surface area contributed by atoms with Crippen molar-refractivity contribution in [2.75, 3.05) is 19.8 Å². The van der Waals surface area contributed by atoms with Gasteiger partial charge in [-0.2, -0.15) is 0 Å². The van der Waals surface area contributed by atoms with Crippen molar-refractivity contribution in [3.05, 3.63) is 18.0 Å². The number of rotatable bonds is 3. The van der Waals surface area contributed by atoms with Crippen LogP contribution in [0.1, 0.15) is 23.8 Å². The zero-order chi connectivity index (χ0) is 10.7. The summed E-state index contributed by atoms with van der Waals surface area (Å²) in [5, 5.41) is 0. The molecule has 0 bridgehead atoms. The average molecular weight is 195 g/mol. The predicted octanol–water partition coefficient (Wildman–Crippen LogP) is 1.18. The number of nitrogens with zero attached hydrogens (tertiary/aromatic N) is 2. The minimum atomic E-state index is -0.00449. The molecule has 0 aliphatic carbocycles. The Morgan fingerprint density at radius 3 is 2.71 bits per heavy atom. The SMILES string of the molecule is CCCn1cc(N)cc1C(=O)N(C)C. The molecule has 1 aromatic heterocycles. The number of anilines is 1. The molecule has 4 nitrogen and oxygen atoms in total. The molecule has 78 valence electrons. The number of carbonyl (C=O) groups excluding carboxylic acids is 1. The third-order valence-corrected chi connectivity index (χ3v) is 2.01. The van der Waals surface area contributed by atoms with E-state index < -0.39 is 0 Å². The largest absolute Gasteiger partial charge is 0.397 e. The van der Waals surface area contributed by atoms with E-state index in [-0.39, 0.29) is 5.91 Å². The molecule has 0 aliphatic heterocycles. The van der Waals surface area contributed by atoms with Gasteiger partial charge in [-0.15, -0.1) is 0 Å². The van der Waals surface area contributed by atoms with E-state index in [1.165, 1.54) is 0 Å². The zero-order valence-electron chi connectivity index (χ0n) is 8.95. The van der Waals surface area contributed by atoms with Crippen molar-refractivity contribution < 1.29 is 4.79 Å². The minimum absolute atomic E-state index is 0.00449. The first-order valence-electron chi connectivity index (χ1n) is 4.73. The van der Waals surface area contributed by atoms with Crippen LogP contribution in [-0.2, 0) is 6.54 Å². The van der Waals surface area contributed by atoms with Gasteiger partial charge in [0.05, 0.1) is 5.69 Å². The summed E-state index contributed by atoms with van der Waals surface area (Å²) in [5.74, 6) is -0.00449. The minimum Gasteiger partial charge on any atom is -0.397 e. The molecule has 0 spiro atoms. The van der Waals surface area contributed by atoms with Gasteiger partial charge in [-0.05, 0) is 12.5 Å². The van der Waals surface area contributed by atoms with E-state index in [2.05, 4.69) is 6.92 Å². The molecule has 0 radical (unpaired) electrons. The van der Waals surface area contributed by atoms with Crippen molar-refractivity contribution in [2.45, 2.75) is 19.9 Å². The summed E-state index contributed by atoms with van der Waals surface area (Å²) >= 11 is 0. The van der Waals surface area contributed by atoms with E-state index in [1.54, 1.807) is 31.3 Å². The molecule has 0 aromatic carbocycles. The van der Waals surface area contributed by atoms with Crippen molar-refractivity contribution in [1.82, 2.24) is 9.47 Å². The quantitative estimate of drug-likeness (QED) is 0.787. The number of nitrogens with two attached hydrogens (primary N) is 1. The first kappa shape index (κ1) is 10.6. The lowest BCUT2D eigenvalue weighted by Crippen LogP contribution is -2.24. The Labute approximate surface area is 84.3 Å². The van der Waals surface area contributed by atoms with Gasteiger partial charge in [-0.25, -0.2) is 0 Å². The van der Waals surface area contributed by atoms with Gasteiger partial charge in [0.1, 0.15) is 5.69 Å². The van der Waals surface area contributed by atoms with Gasteiger partial charge < -0.3 is 15.2 Å². The standard InChI is InChI=1S/C10H17N3O/c1-4-5-13-7-8(11)6-9(13)10(14)12(2)3/h6-7H,4-5,11H2,1-3H3. The normalized spacial score (nSPS) is 10.2. The van der Waals surface area contributed by atoms with Gasteiger partial charge in [0.15, 0.2) is 0 Å². The van der Waals surface area contributed by atoms with Crippen LogP contribution in [0.2, 0.25) is 0 Å². The van der Waals surface area contributed by atoms with Crippen LogP contribution in [0, 0.1) is 0 Å². The number of aromatic nitrogens is 1. The lowest BCUT2D eigenvalue weighted by atomic mass is 10.3. The molecule has 1 rings (SSSR count). The molecular weight excluding hydrogens is 178 g/mol. The van der Waals surface area contributed by atoms with E-state index in [1.807, 2.05) is 4.57 Å². The van der Waals surface area contributed by atoms with E-state index in [0.29, 0.717) is 11.4 Å². The van der Waals surface area contributed by atoms with Crippen molar-refractivity contribution >= 4 is 11.6 Å². The Morgan fingerprint density at radius 2 is 2.21 bits per heavy atom. The summed E-state index contributed by atoms with van der Waals surface area (Å²) in [6.45, 7) is 2.90. The highest BCUT2D eigenvalue weighted by atomic mass is 16.2. The molecule has 0 saturated heterocycles. The van der Waals surface area contributed by atoms with Crippen molar-refractivity contribution in [3.63, 3.8) is 0 Å². The third-order valence-electron chi connectivity index (χ3n) is 2.01. The maximum absolute atomic E-state index is 11.7. The fraction of sp³-hybridized carbons (Fsp3) is 0.500. The second-order valence-electron chi connectivity index (χ2n) is 3.55. The van der Waals surface area contributed by atoms with Crippen LogP contribution in [0.3, 0.4) is 0 Å². The molecule has 1 amide bonds. The zero-order valence-corrected chi connectivity index (χ0v) is 8.95. The lowest BCUT2D eigenvalue weighted by molar-refractivity contribution is 0.0817. The van der Waals surface area contributed by atoms with Crippen molar-refractivity contribution in [1.29, 1.82) is 0 Å². The van der Waals surface area contributed by atoms with E-state index in [9.17, 15) is 4.79 Å². The molecule has 1 aromatic rings. The van der Waals surface area contributed by atoms with E-state index in [0.717, 1.165) is 13.0 Å². The number of carbonyl (C=O) groups is 1. The van der Waals surface area contributed by atoms with Gasteiger partial charge in [0, 0.05) is 26.8 Å². The van der Waals surface area contributed by atoms with Crippen LogP contribution in [0.15, 0.2) is 12.3 Å². The molecule has 0 fully saturated rings. The second-order valence-corrected chi connectivity index (χ2v) is 3.55. The van der Waals surface area contributed by atoms with Crippen LogP contribution in [-0.4, -0.2) is 29.5 Å². The van der Waals surface area contributed by atoms with Crippen LogP contribution >= 0.6 is 0 Å². The molecule has 14 heavy (non-hydrogen) atoms. The Bertz CT molecular complexity index is 328. The maximum Gasteiger partial charge on any atom is 0.270 e. The highest BCUT2D eigenvalue weighted by Gasteiger charge is 2.13. The van der Waals surface area contributed by atoms with Gasteiger partial charge in [0.25, 0.3) is 5.91 Å². The van der Waals surface area contributed by atoms with Crippen LogP contribution < -0.4 is 5.73 Å². The van der Waals surface area contributed by atoms with E-state index in [4.69, 9.17) is 5.73 Å². The third kappa shape index (κ3) is 2.07. The highest BCUT2D eigenvalue weighted by Crippen LogP contribution is 2.12. The Balaban J connectivity index is 3.00. The van der Waals surface area contributed by atoms with Gasteiger partial charge in [0.2, 0.25) is 0 Å². The topological polar surface area (TPSA) is 51.3 Å². The second kappa shape index (κ2) is 4.17. The molecule has 0 unspecified atom stereocenters. The number of nitrogen functional groups attached to an aromatic ring is 1. The van der Waals surface area contributed by atoms with Crippen molar-refractivity contribution in [2.24, 2.45) is 0 Å². The van der Waals surface area contributed by atoms with Crippen LogP contribution in [0.4, 0.5) is 5.69 Å². The molecule has 0 aliphatic rings. The number of hydrogen-bond donors (Lipinski definition) is 1. The Hall–Kier alpha value is -1.45. The first-order valence-corrected chi connectivity index (χ1v) is 4.73. The maximum atomic E-state index is 11.7. The lowest BCUT2D eigenvalue weighted by Gasteiger charge is -2.12. The Morgan fingerprint density at radius 1 is 1.57 bits per heavy atom. The summed E-state index contributed by atoms with van der Waals surface area (Å²) in [5.41, 5.74) is 6.96. The van der Waals surface area contributed by atoms with Gasteiger partial charge in [-0.3, -0.25) is 4.79 Å². The highest BCUT2D eigenvalue weighted by molar-refractivity contribution is 5.93. The number of hydrogen-bond acceptors (Lipinski definition) is 2. The predicted molar refractivity (Wildman–Crippen MR) is 57.2 cm³/mol. The molecule has 1 heterocycles. The fourth-order valence-electron chi connectivity index (χ4n) is 1.37. The van der Waals surface area contributed by atoms with E-state index >= 15 is 0 Å². The number of amides is 1. The van der Waals surface area contributed by atoms with Crippen LogP contribution in [0.25, 0.3) is 0 Å². The molecule has 0 saturated carbocycles. The van der Waals surface area contributed by atoms with Gasteiger partial charge in [-0.1, -0.05) is 6.92 Å². The fourth-order valence-corrected chi connectivity index (χ4v) is 1.37. The molecular formula is C10H17N3O. The molecule has 4 heteroatoms.